The van der Waals surface area contributed by atoms with Crippen LogP contribution in [-0.4, -0.2) is 53.4 Å². The number of carboxylic acid groups (broad SMARTS) is 1. The molecule has 3 aromatic rings. The van der Waals surface area contributed by atoms with E-state index in [-0.39, 0.29) is 37.9 Å². The Bertz CT molecular complexity index is 1240. The molecule has 9 heteroatoms. The van der Waals surface area contributed by atoms with Gasteiger partial charge in [-0.1, -0.05) is 48.5 Å². The van der Waals surface area contributed by atoms with Crippen molar-refractivity contribution in [1.82, 2.24) is 10.3 Å². The van der Waals surface area contributed by atoms with E-state index in [0.717, 1.165) is 22.3 Å². The molecule has 35 heavy (non-hydrogen) atoms. The van der Waals surface area contributed by atoms with Crippen LogP contribution in [0.15, 0.2) is 66.9 Å². The van der Waals surface area contributed by atoms with Crippen molar-refractivity contribution in [2.75, 3.05) is 25.1 Å². The number of hydrogen-bond acceptors (Lipinski definition) is 6. The van der Waals surface area contributed by atoms with Gasteiger partial charge in [0.15, 0.2) is 5.54 Å². The molecule has 9 nitrogen and oxygen atoms in total. The van der Waals surface area contributed by atoms with Crippen molar-refractivity contribution in [3.8, 4) is 11.1 Å². The largest absolute Gasteiger partial charge is 0.479 e. The molecular formula is C26H23N3O6. The molecule has 2 amide bonds. The second kappa shape index (κ2) is 9.19. The molecule has 1 atom stereocenters. The van der Waals surface area contributed by atoms with Gasteiger partial charge in [0.1, 0.15) is 12.3 Å². The number of ether oxygens (including phenoxy) is 2. The minimum atomic E-state index is -1.46. The second-order valence-electron chi connectivity index (χ2n) is 8.53. The first-order valence-corrected chi connectivity index (χ1v) is 11.2. The number of amides is 2. The van der Waals surface area contributed by atoms with Crippen LogP contribution in [0.3, 0.4) is 0 Å². The van der Waals surface area contributed by atoms with Crippen molar-refractivity contribution in [1.29, 1.82) is 0 Å². The maximum Gasteiger partial charge on any atom is 0.411 e. The molecular weight excluding hydrogens is 450 g/mol. The van der Waals surface area contributed by atoms with Gasteiger partial charge in [0.25, 0.3) is 5.91 Å². The van der Waals surface area contributed by atoms with Crippen molar-refractivity contribution >= 4 is 23.7 Å². The van der Waals surface area contributed by atoms with Crippen LogP contribution in [0, 0.1) is 0 Å². The second-order valence-corrected chi connectivity index (χ2v) is 8.53. The molecule has 1 aliphatic carbocycles. The summed E-state index contributed by atoms with van der Waals surface area (Å²) in [6.07, 6.45) is 0.851. The number of fused-ring (bicyclic) bond motifs is 3. The van der Waals surface area contributed by atoms with Crippen LogP contribution >= 0.6 is 0 Å². The molecule has 178 valence electrons. The zero-order valence-corrected chi connectivity index (χ0v) is 18.7. The van der Waals surface area contributed by atoms with Crippen molar-refractivity contribution in [2.45, 2.75) is 17.9 Å². The molecule has 1 aliphatic heterocycles. The number of aliphatic carboxylic acids is 1. The third kappa shape index (κ3) is 4.33. The Labute approximate surface area is 201 Å². The number of nitrogens with zero attached hydrogens (tertiary/aromatic N) is 1. The summed E-state index contributed by atoms with van der Waals surface area (Å²) in [5.41, 5.74) is 3.42. The molecule has 0 saturated carbocycles. The van der Waals surface area contributed by atoms with Gasteiger partial charge in [0.2, 0.25) is 0 Å². The van der Waals surface area contributed by atoms with E-state index >= 15 is 0 Å². The van der Waals surface area contributed by atoms with Crippen LogP contribution in [-0.2, 0) is 14.3 Å². The number of carbonyl (C=O) groups excluding carboxylic acids is 2. The highest BCUT2D eigenvalue weighted by Crippen LogP contribution is 2.44. The summed E-state index contributed by atoms with van der Waals surface area (Å²) >= 11 is 0. The van der Waals surface area contributed by atoms with E-state index < -0.39 is 23.5 Å². The van der Waals surface area contributed by atoms with Gasteiger partial charge in [-0.2, -0.15) is 0 Å². The first-order chi connectivity index (χ1) is 17.0. The Morgan fingerprint density at radius 1 is 1.03 bits per heavy atom. The van der Waals surface area contributed by atoms with E-state index in [4.69, 9.17) is 9.47 Å². The molecule has 5 rings (SSSR count). The highest BCUT2D eigenvalue weighted by molar-refractivity contribution is 5.97. The molecule has 1 aromatic heterocycles. The lowest BCUT2D eigenvalue weighted by Crippen LogP contribution is -2.55. The van der Waals surface area contributed by atoms with Gasteiger partial charge in [-0.05, 0) is 34.4 Å². The van der Waals surface area contributed by atoms with Gasteiger partial charge in [0, 0.05) is 18.9 Å². The molecule has 0 bridgehead atoms. The fraction of sp³-hybridized carbons (Fsp3) is 0.231. The number of carbonyl (C=O) groups is 3. The Balaban J connectivity index is 1.20. The Kier molecular flexibility index (Phi) is 5.92. The quantitative estimate of drug-likeness (QED) is 0.501. The number of benzene rings is 2. The highest BCUT2D eigenvalue weighted by Gasteiger charge is 2.44. The highest BCUT2D eigenvalue weighted by atomic mass is 16.5. The Morgan fingerprint density at radius 3 is 2.29 bits per heavy atom. The number of anilines is 1. The first-order valence-electron chi connectivity index (χ1n) is 11.2. The summed E-state index contributed by atoms with van der Waals surface area (Å²) in [5.74, 6) is -1.85. The molecule has 1 saturated heterocycles. The number of nitrogens with one attached hydrogen (secondary N) is 2. The van der Waals surface area contributed by atoms with Gasteiger partial charge in [-0.25, -0.2) is 14.6 Å². The summed E-state index contributed by atoms with van der Waals surface area (Å²) in [6, 6.07) is 19.0. The number of pyridine rings is 1. The van der Waals surface area contributed by atoms with E-state index in [1.165, 1.54) is 18.3 Å². The van der Waals surface area contributed by atoms with Crippen LogP contribution in [0.4, 0.5) is 10.5 Å². The molecule has 0 radical (unpaired) electrons. The monoisotopic (exact) mass is 473 g/mol. The first kappa shape index (κ1) is 22.5. The minimum Gasteiger partial charge on any atom is -0.479 e. The fourth-order valence-corrected chi connectivity index (χ4v) is 4.52. The van der Waals surface area contributed by atoms with E-state index in [9.17, 15) is 19.5 Å². The summed E-state index contributed by atoms with van der Waals surface area (Å²) in [7, 11) is 0. The zero-order valence-electron chi connectivity index (χ0n) is 18.7. The molecule has 2 aromatic carbocycles. The van der Waals surface area contributed by atoms with Crippen LogP contribution in [0.1, 0.15) is 34.0 Å². The summed E-state index contributed by atoms with van der Waals surface area (Å²) < 4.78 is 10.7. The maximum atomic E-state index is 12.5. The van der Waals surface area contributed by atoms with E-state index in [1.54, 1.807) is 0 Å². The van der Waals surface area contributed by atoms with E-state index in [2.05, 4.69) is 27.8 Å². The third-order valence-electron chi connectivity index (χ3n) is 6.37. The summed E-state index contributed by atoms with van der Waals surface area (Å²) in [6.45, 7) is 0.325. The van der Waals surface area contributed by atoms with Crippen LogP contribution in [0.25, 0.3) is 11.1 Å². The van der Waals surface area contributed by atoms with Crippen LogP contribution in [0.2, 0.25) is 0 Å². The van der Waals surface area contributed by atoms with Crippen molar-refractivity contribution < 1.29 is 29.0 Å². The van der Waals surface area contributed by atoms with E-state index in [1.807, 2.05) is 36.4 Å². The lowest BCUT2D eigenvalue weighted by atomic mass is 9.98. The van der Waals surface area contributed by atoms with Gasteiger partial charge in [-0.15, -0.1) is 0 Å². The van der Waals surface area contributed by atoms with Crippen molar-refractivity contribution in [3.63, 3.8) is 0 Å². The van der Waals surface area contributed by atoms with Gasteiger partial charge in [0.05, 0.1) is 18.5 Å². The van der Waals surface area contributed by atoms with Gasteiger partial charge < -0.3 is 19.9 Å². The predicted octanol–water partition coefficient (Wildman–Crippen LogP) is 3.42. The molecule has 2 heterocycles. The maximum absolute atomic E-state index is 12.5. The van der Waals surface area contributed by atoms with Gasteiger partial charge >= 0.3 is 12.1 Å². The Hall–Kier alpha value is -4.24. The average molecular weight is 473 g/mol. The molecule has 3 N–H and O–H groups in total. The molecule has 0 spiro atoms. The fourth-order valence-electron chi connectivity index (χ4n) is 4.52. The normalized spacial score (nSPS) is 18.4. The molecule has 1 fully saturated rings. The van der Waals surface area contributed by atoms with Crippen LogP contribution < -0.4 is 10.6 Å². The van der Waals surface area contributed by atoms with Gasteiger partial charge in [-0.3, -0.25) is 10.1 Å². The minimum absolute atomic E-state index is 0.0237. The number of aromatic nitrogens is 1. The van der Waals surface area contributed by atoms with E-state index in [0.29, 0.717) is 5.69 Å². The Morgan fingerprint density at radius 2 is 1.71 bits per heavy atom. The number of hydrogen-bond donors (Lipinski definition) is 3. The smallest absolute Gasteiger partial charge is 0.411 e. The zero-order chi connectivity index (χ0) is 24.4. The lowest BCUT2D eigenvalue weighted by Gasteiger charge is -2.23. The topological polar surface area (TPSA) is 127 Å². The average Bonchev–Trinajstić information content (AvgIpc) is 3.47. The van der Waals surface area contributed by atoms with Crippen molar-refractivity contribution in [2.24, 2.45) is 0 Å². The predicted molar refractivity (Wildman–Crippen MR) is 126 cm³/mol. The number of rotatable bonds is 6. The summed E-state index contributed by atoms with van der Waals surface area (Å²) in [5, 5.41) is 14.6. The SMILES string of the molecule is O=C(Nc1ccc(C(=O)NC2(C(=O)O)CCOC2)nc1)OCC1c2ccccc2-c2ccccc21. The van der Waals surface area contributed by atoms with Crippen LogP contribution in [0.5, 0.6) is 0 Å². The molecule has 1 unspecified atom stereocenters. The molecule has 2 aliphatic rings. The number of carboxylic acids is 1. The third-order valence-corrected chi connectivity index (χ3v) is 6.37. The lowest BCUT2D eigenvalue weighted by molar-refractivity contribution is -0.144. The summed E-state index contributed by atoms with van der Waals surface area (Å²) in [4.78, 5) is 40.6. The standard InChI is InChI=1S/C26H23N3O6/c30-23(29-26(24(31)32)11-12-34-15-26)22-10-9-16(13-27-22)28-25(33)35-14-21-19-7-3-1-5-17(19)18-6-2-4-8-20(18)21/h1-10,13,21H,11-12,14-15H2,(H,28,33)(H,29,30)(H,31,32). The van der Waals surface area contributed by atoms with Crippen molar-refractivity contribution in [3.05, 3.63) is 83.7 Å².